The zero-order valence-corrected chi connectivity index (χ0v) is 79.2. The predicted octanol–water partition coefficient (Wildman–Crippen LogP) is 35.6. The third-order valence-corrected chi connectivity index (χ3v) is 27.9. The smallest absolute Gasteiger partial charge is 0.165 e. The summed E-state index contributed by atoms with van der Waals surface area (Å²) in [7, 11) is 0. The number of rotatable bonds is 14. The van der Waals surface area contributed by atoms with Crippen LogP contribution in [0.1, 0.15) is 0 Å². The summed E-state index contributed by atoms with van der Waals surface area (Å²) >= 11 is 0. The van der Waals surface area contributed by atoms with Crippen molar-refractivity contribution in [3.05, 3.63) is 504 Å². The number of aromatic nitrogens is 9. The third kappa shape index (κ3) is 16.3. The highest BCUT2D eigenvalue weighted by Gasteiger charge is 2.26. The molecule has 0 unspecified atom stereocenters. The average Bonchev–Trinajstić information content (AvgIpc) is 1.62. The molecule has 0 amide bonds. The van der Waals surface area contributed by atoms with E-state index in [4.69, 9.17) is 58.1 Å². The summed E-state index contributed by atoms with van der Waals surface area (Å²) in [5.41, 5.74) is 24.9. The fourth-order valence-corrected chi connectivity index (χ4v) is 20.8. The van der Waals surface area contributed by atoms with E-state index < -0.39 is 0 Å². The van der Waals surface area contributed by atoms with Gasteiger partial charge in [0.05, 0.1) is 0 Å². The van der Waals surface area contributed by atoms with Gasteiger partial charge in [-0.25, -0.2) is 44.9 Å². The maximum atomic E-state index is 6.46. The van der Waals surface area contributed by atoms with Crippen LogP contribution in [0.2, 0.25) is 0 Å². The standard InChI is InChI=1S/2C47H29N3O.C41H25N3O/c1-3-11-30(12-4-1)31-21-23-33(24-22-31)45-48-46(36-25-26-38-34(27-36)15-9-18-37(38)32-13-5-2-6-14-32)50-47(49-45)40-19-10-16-35-28-42-39-17-7-8-20-43(39)51-44(42)29-41(35)40;1-3-13-30(14-4-1)32-20-11-21-36(25-32)45-48-46(37-26-35-19-9-10-22-38(35)40(28-37)31-15-5-2-6-16-31)50-47(49-45)39-23-12-24-42-44(39)41-27-33-17-7-8-18-34(33)29-43(41)51-42;1-3-12-26(13-4-1)28-22-23-31-29(24-28)17-11-20-33(31)40-42-39(27-14-5-2-6-15-27)43-41(44-40)38-32-18-8-7-16-30(32)25-36-37(38)34-19-9-10-21-35(34)45-36/h2*1-29H;1-25H. The summed E-state index contributed by atoms with van der Waals surface area (Å²) in [5.74, 6) is 5.54. The van der Waals surface area contributed by atoms with Crippen LogP contribution in [0.25, 0.3) is 289 Å². The average molecular weight is 1880 g/mol. The summed E-state index contributed by atoms with van der Waals surface area (Å²) in [6.07, 6.45) is 0. The molecule has 12 heteroatoms. The molecule has 0 spiro atoms. The molecule has 0 aliphatic carbocycles. The van der Waals surface area contributed by atoms with Gasteiger partial charge in [-0.15, -0.1) is 0 Å². The van der Waals surface area contributed by atoms with Gasteiger partial charge in [-0.05, 0) is 199 Å². The molecule has 0 aliphatic rings. The van der Waals surface area contributed by atoms with Crippen molar-refractivity contribution in [2.75, 3.05) is 0 Å². The molecular weight excluding hydrogens is 1800 g/mol. The lowest BCUT2D eigenvalue weighted by atomic mass is 9.95. The molecule has 147 heavy (non-hydrogen) atoms. The Kier molecular flexibility index (Phi) is 21.6. The summed E-state index contributed by atoms with van der Waals surface area (Å²) in [6.45, 7) is 0. The van der Waals surface area contributed by atoms with Crippen LogP contribution in [0, 0.1) is 0 Å². The van der Waals surface area contributed by atoms with Gasteiger partial charge in [-0.1, -0.05) is 425 Å². The molecule has 0 atom stereocenters. The molecule has 0 saturated heterocycles. The second-order valence-corrected chi connectivity index (χ2v) is 36.9. The quantitative estimate of drug-likeness (QED) is 0.102. The normalized spacial score (nSPS) is 11.5. The van der Waals surface area contributed by atoms with Crippen molar-refractivity contribution in [2.24, 2.45) is 0 Å². The fourth-order valence-electron chi connectivity index (χ4n) is 20.8. The second kappa shape index (κ2) is 36.9. The summed E-state index contributed by atoms with van der Waals surface area (Å²) in [5, 5.41) is 19.7. The van der Waals surface area contributed by atoms with Gasteiger partial charge < -0.3 is 13.3 Å². The third-order valence-electron chi connectivity index (χ3n) is 27.9. The molecule has 6 heterocycles. The number of nitrogens with zero attached hydrogens (tertiary/aromatic N) is 9. The van der Waals surface area contributed by atoms with Gasteiger partial charge >= 0.3 is 0 Å². The molecule has 12 nitrogen and oxygen atoms in total. The lowest BCUT2D eigenvalue weighted by molar-refractivity contribution is 0.669. The van der Waals surface area contributed by atoms with Crippen LogP contribution in [-0.4, -0.2) is 44.9 Å². The van der Waals surface area contributed by atoms with Crippen LogP contribution in [0.4, 0.5) is 0 Å². The molecule has 29 aromatic rings. The van der Waals surface area contributed by atoms with E-state index in [2.05, 4.69) is 394 Å². The second-order valence-electron chi connectivity index (χ2n) is 36.9. The summed E-state index contributed by atoms with van der Waals surface area (Å²) < 4.78 is 19.2. The number of hydrogen-bond donors (Lipinski definition) is 0. The highest BCUT2D eigenvalue weighted by molar-refractivity contribution is 6.21. The molecule has 0 radical (unpaired) electrons. The first kappa shape index (κ1) is 86.2. The Bertz CT molecular complexity index is 10200. The molecule has 0 N–H and O–H groups in total. The van der Waals surface area contributed by atoms with E-state index in [1.165, 1.54) is 38.6 Å². The number of para-hydroxylation sites is 2. The minimum Gasteiger partial charge on any atom is -0.456 e. The maximum absolute atomic E-state index is 6.46. The van der Waals surface area contributed by atoms with Gasteiger partial charge in [0.1, 0.15) is 33.5 Å². The predicted molar refractivity (Wildman–Crippen MR) is 602 cm³/mol. The number of hydrogen-bond acceptors (Lipinski definition) is 12. The van der Waals surface area contributed by atoms with Crippen molar-refractivity contribution in [1.82, 2.24) is 44.9 Å². The molecule has 6 aromatic heterocycles. The van der Waals surface area contributed by atoms with Crippen molar-refractivity contribution in [1.29, 1.82) is 0 Å². The molecule has 23 aromatic carbocycles. The van der Waals surface area contributed by atoms with Crippen molar-refractivity contribution >= 4 is 130 Å². The Morgan fingerprint density at radius 2 is 0.435 bits per heavy atom. The van der Waals surface area contributed by atoms with Gasteiger partial charge in [0, 0.05) is 82.4 Å². The largest absolute Gasteiger partial charge is 0.456 e. The molecule has 0 saturated carbocycles. The SMILES string of the molecule is c1ccc(-c2ccc(-c3nc(-c4ccc5c(-c6ccccc6)cccc5c4)nc(-c4cccc5cc6c(cc45)oc4ccccc46)n3)cc2)cc1.c1ccc(-c2ccc3c(-c4nc(-c5ccccc5)nc(-c5c6ccccc6cc6oc7ccccc7c56)n4)cccc3c2)cc1.c1ccc(-c2cccc(-c3nc(-c4cc(-c5ccccc5)c5ccccc5c4)nc(-c4cccc5oc6cc7ccccc7cc6c45)n3)c2)cc1. The highest BCUT2D eigenvalue weighted by atomic mass is 16.3. The van der Waals surface area contributed by atoms with E-state index in [0.717, 1.165) is 198 Å². The van der Waals surface area contributed by atoms with E-state index in [1.807, 2.05) is 109 Å². The van der Waals surface area contributed by atoms with Crippen LogP contribution < -0.4 is 0 Å². The lowest BCUT2D eigenvalue weighted by Gasteiger charge is -2.13. The Hall–Kier alpha value is -20.0. The highest BCUT2D eigenvalue weighted by Crippen LogP contribution is 2.47. The van der Waals surface area contributed by atoms with Crippen LogP contribution in [0.15, 0.2) is 517 Å². The van der Waals surface area contributed by atoms with Gasteiger partial charge in [0.15, 0.2) is 52.4 Å². The first-order valence-corrected chi connectivity index (χ1v) is 49.2. The number of fused-ring (bicyclic) bond motifs is 15. The van der Waals surface area contributed by atoms with E-state index in [1.54, 1.807) is 0 Å². The van der Waals surface area contributed by atoms with Crippen molar-refractivity contribution in [2.45, 2.75) is 0 Å². The summed E-state index contributed by atoms with van der Waals surface area (Å²) in [4.78, 5) is 46.6. The first-order chi connectivity index (χ1) is 72.8. The molecule has 0 fully saturated rings. The monoisotopic (exact) mass is 1880 g/mol. The fraction of sp³-hybridized carbons (Fsp3) is 0. The Morgan fingerprint density at radius 1 is 0.116 bits per heavy atom. The maximum Gasteiger partial charge on any atom is 0.165 e. The van der Waals surface area contributed by atoms with Crippen LogP contribution in [0.3, 0.4) is 0 Å². The molecule has 29 rings (SSSR count). The van der Waals surface area contributed by atoms with E-state index in [0.29, 0.717) is 52.4 Å². The van der Waals surface area contributed by atoms with Crippen molar-refractivity contribution in [3.63, 3.8) is 0 Å². The number of benzene rings is 23. The van der Waals surface area contributed by atoms with Crippen LogP contribution in [-0.2, 0) is 0 Å². The molecular formula is C135H83N9O3. The topological polar surface area (TPSA) is 155 Å². The Balaban J connectivity index is 0.000000109. The van der Waals surface area contributed by atoms with Crippen LogP contribution in [0.5, 0.6) is 0 Å². The molecule has 686 valence electrons. The van der Waals surface area contributed by atoms with E-state index in [9.17, 15) is 0 Å². The zero-order chi connectivity index (χ0) is 97.2. The Labute approximate surface area is 844 Å². The van der Waals surface area contributed by atoms with Gasteiger partial charge in [0.25, 0.3) is 0 Å². The minimum absolute atomic E-state index is 0.594. The zero-order valence-electron chi connectivity index (χ0n) is 79.2. The van der Waals surface area contributed by atoms with Crippen molar-refractivity contribution < 1.29 is 13.3 Å². The molecule has 0 aliphatic heterocycles. The lowest BCUT2D eigenvalue weighted by Crippen LogP contribution is -2.01. The minimum atomic E-state index is 0.594. The van der Waals surface area contributed by atoms with Crippen molar-refractivity contribution in [3.8, 4) is 158 Å². The van der Waals surface area contributed by atoms with E-state index in [-0.39, 0.29) is 0 Å². The first-order valence-electron chi connectivity index (χ1n) is 49.2. The van der Waals surface area contributed by atoms with Gasteiger partial charge in [0.2, 0.25) is 0 Å². The van der Waals surface area contributed by atoms with Crippen LogP contribution >= 0.6 is 0 Å². The van der Waals surface area contributed by atoms with Gasteiger partial charge in [-0.3, -0.25) is 0 Å². The Morgan fingerprint density at radius 3 is 1.07 bits per heavy atom. The summed E-state index contributed by atoms with van der Waals surface area (Å²) in [6, 6.07) is 174. The number of furan rings is 3. The van der Waals surface area contributed by atoms with E-state index >= 15 is 0 Å². The molecule has 0 bridgehead atoms. The van der Waals surface area contributed by atoms with Gasteiger partial charge in [-0.2, -0.15) is 0 Å².